The smallest absolute Gasteiger partial charge is 0.337 e. The van der Waals surface area contributed by atoms with Crippen molar-refractivity contribution in [2.24, 2.45) is 0 Å². The van der Waals surface area contributed by atoms with Gasteiger partial charge in [0.05, 0.1) is 29.2 Å². The first-order valence-corrected chi connectivity index (χ1v) is 7.22. The number of nitrogens with one attached hydrogen (secondary N) is 3. The molecule has 1 aromatic carbocycles. The van der Waals surface area contributed by atoms with Gasteiger partial charge in [0, 0.05) is 13.2 Å². The highest BCUT2D eigenvalue weighted by Gasteiger charge is 2.04. The van der Waals surface area contributed by atoms with Crippen LogP contribution in [0.3, 0.4) is 0 Å². The Morgan fingerprint density at radius 2 is 2.04 bits per heavy atom. The molecule has 2 amide bonds. The fraction of sp³-hybridized carbons (Fsp3) is 0.200. The third-order valence-electron chi connectivity index (χ3n) is 2.72. The van der Waals surface area contributed by atoms with Crippen LogP contribution in [0, 0.1) is 0 Å². The van der Waals surface area contributed by atoms with Gasteiger partial charge in [0.2, 0.25) is 5.88 Å². The number of aromatic nitrogens is 1. The summed E-state index contributed by atoms with van der Waals surface area (Å²) in [5.74, 6) is 0.460. The second kappa shape index (κ2) is 8.82. The molecule has 0 saturated heterocycles. The molecule has 3 N–H and O–H groups in total. The zero-order valence-corrected chi connectivity index (χ0v) is 13.3. The minimum absolute atomic E-state index is 0.415. The number of nitrogens with zero attached hydrogens (tertiary/aromatic N) is 1. The number of anilines is 2. The van der Waals surface area contributed by atoms with Crippen molar-refractivity contribution in [3.8, 4) is 5.88 Å². The quantitative estimate of drug-likeness (QED) is 0.535. The number of hydrazine groups is 1. The van der Waals surface area contributed by atoms with E-state index in [2.05, 4.69) is 21.2 Å². The van der Waals surface area contributed by atoms with E-state index in [1.54, 1.807) is 43.5 Å². The van der Waals surface area contributed by atoms with Crippen LogP contribution in [-0.4, -0.2) is 31.3 Å². The van der Waals surface area contributed by atoms with E-state index in [4.69, 9.17) is 21.1 Å². The van der Waals surface area contributed by atoms with Crippen LogP contribution < -0.4 is 20.9 Å². The van der Waals surface area contributed by atoms with Crippen molar-refractivity contribution in [2.45, 2.75) is 0 Å². The van der Waals surface area contributed by atoms with Gasteiger partial charge in [-0.1, -0.05) is 23.7 Å². The summed E-state index contributed by atoms with van der Waals surface area (Å²) in [5, 5.41) is 3.13. The van der Waals surface area contributed by atoms with Crippen LogP contribution in [0.4, 0.5) is 16.2 Å². The number of rotatable bonds is 7. The van der Waals surface area contributed by atoms with Gasteiger partial charge in [-0.15, -0.1) is 0 Å². The fourth-order valence-corrected chi connectivity index (χ4v) is 1.80. The Labute approximate surface area is 138 Å². The van der Waals surface area contributed by atoms with Gasteiger partial charge in [-0.25, -0.2) is 9.78 Å². The topological polar surface area (TPSA) is 84.5 Å². The summed E-state index contributed by atoms with van der Waals surface area (Å²) in [6, 6.07) is 9.97. The fourth-order valence-electron chi connectivity index (χ4n) is 1.62. The van der Waals surface area contributed by atoms with E-state index in [1.165, 1.54) is 6.20 Å². The van der Waals surface area contributed by atoms with Crippen LogP contribution in [0.2, 0.25) is 5.02 Å². The lowest BCUT2D eigenvalue weighted by Crippen LogP contribution is -2.33. The van der Waals surface area contributed by atoms with Gasteiger partial charge in [-0.05, 0) is 18.2 Å². The second-order valence-electron chi connectivity index (χ2n) is 4.41. The lowest BCUT2D eigenvalue weighted by atomic mass is 10.3. The molecule has 0 radical (unpaired) electrons. The van der Waals surface area contributed by atoms with Crippen LogP contribution in [0.1, 0.15) is 0 Å². The van der Waals surface area contributed by atoms with Crippen LogP contribution >= 0.6 is 11.6 Å². The van der Waals surface area contributed by atoms with Crippen LogP contribution in [0.5, 0.6) is 5.88 Å². The van der Waals surface area contributed by atoms with Gasteiger partial charge in [0.25, 0.3) is 0 Å². The molecule has 23 heavy (non-hydrogen) atoms. The maximum absolute atomic E-state index is 11.8. The van der Waals surface area contributed by atoms with Gasteiger partial charge < -0.3 is 14.8 Å². The molecular formula is C15H17ClN4O3. The number of pyridine rings is 1. The molecule has 0 atom stereocenters. The Bertz CT molecular complexity index is 637. The van der Waals surface area contributed by atoms with Gasteiger partial charge >= 0.3 is 6.03 Å². The average Bonchev–Trinajstić information content (AvgIpc) is 2.56. The number of methoxy groups -OCH3 is 1. The first-order valence-electron chi connectivity index (χ1n) is 6.84. The van der Waals surface area contributed by atoms with E-state index in [0.29, 0.717) is 35.5 Å². The van der Waals surface area contributed by atoms with Gasteiger partial charge in [0.15, 0.2) is 0 Å². The van der Waals surface area contributed by atoms with E-state index < -0.39 is 6.03 Å². The first kappa shape index (κ1) is 16.9. The van der Waals surface area contributed by atoms with Crippen molar-refractivity contribution in [2.75, 3.05) is 31.1 Å². The molecule has 0 bridgehead atoms. The molecule has 1 heterocycles. The summed E-state index contributed by atoms with van der Waals surface area (Å²) in [6.07, 6.45) is 1.50. The van der Waals surface area contributed by atoms with Gasteiger partial charge in [-0.3, -0.25) is 10.9 Å². The van der Waals surface area contributed by atoms with E-state index in [-0.39, 0.29) is 0 Å². The highest BCUT2D eigenvalue weighted by atomic mass is 35.5. The first-order chi connectivity index (χ1) is 11.2. The number of para-hydroxylation sites is 1. The van der Waals surface area contributed by atoms with Crippen LogP contribution in [-0.2, 0) is 4.74 Å². The SMILES string of the molecule is COCCOc1ccc(NC(=O)NNc2ccccc2Cl)cn1. The minimum Gasteiger partial charge on any atom is -0.475 e. The molecule has 122 valence electrons. The summed E-state index contributed by atoms with van der Waals surface area (Å²) < 4.78 is 10.2. The zero-order valence-electron chi connectivity index (χ0n) is 12.5. The summed E-state index contributed by atoms with van der Waals surface area (Å²) in [5.41, 5.74) is 6.34. The lowest BCUT2D eigenvalue weighted by Gasteiger charge is -2.11. The number of halogens is 1. The lowest BCUT2D eigenvalue weighted by molar-refractivity contribution is 0.144. The van der Waals surface area contributed by atoms with E-state index in [9.17, 15) is 4.79 Å². The Morgan fingerprint density at radius 3 is 2.74 bits per heavy atom. The van der Waals surface area contributed by atoms with E-state index >= 15 is 0 Å². The van der Waals surface area contributed by atoms with Crippen molar-refractivity contribution in [3.63, 3.8) is 0 Å². The molecule has 8 heteroatoms. The summed E-state index contributed by atoms with van der Waals surface area (Å²) in [7, 11) is 1.60. The summed E-state index contributed by atoms with van der Waals surface area (Å²) in [6.45, 7) is 0.899. The number of hydrogen-bond donors (Lipinski definition) is 3. The summed E-state index contributed by atoms with van der Waals surface area (Å²) >= 11 is 5.97. The molecule has 0 fully saturated rings. The molecule has 0 aliphatic carbocycles. The Hall–Kier alpha value is -2.51. The van der Waals surface area contributed by atoms with Crippen molar-refractivity contribution >= 4 is 29.0 Å². The number of urea groups is 1. The molecule has 0 aliphatic rings. The maximum atomic E-state index is 11.8. The van der Waals surface area contributed by atoms with Crippen molar-refractivity contribution < 1.29 is 14.3 Å². The van der Waals surface area contributed by atoms with Crippen molar-refractivity contribution in [3.05, 3.63) is 47.6 Å². The minimum atomic E-state index is -0.445. The third kappa shape index (κ3) is 5.65. The third-order valence-corrected chi connectivity index (χ3v) is 3.05. The van der Waals surface area contributed by atoms with Crippen LogP contribution in [0.25, 0.3) is 0 Å². The van der Waals surface area contributed by atoms with Gasteiger partial charge in [0.1, 0.15) is 6.61 Å². The monoisotopic (exact) mass is 336 g/mol. The van der Waals surface area contributed by atoms with Crippen molar-refractivity contribution in [1.29, 1.82) is 0 Å². The number of ether oxygens (including phenoxy) is 2. The van der Waals surface area contributed by atoms with E-state index in [1.807, 2.05) is 0 Å². The predicted octanol–water partition coefficient (Wildman–Crippen LogP) is 2.91. The number of carbonyl (C=O) groups excluding carboxylic acids is 1. The number of hydrogen-bond acceptors (Lipinski definition) is 5. The molecular weight excluding hydrogens is 320 g/mol. The molecule has 1 aromatic heterocycles. The molecule has 0 saturated carbocycles. The second-order valence-corrected chi connectivity index (χ2v) is 4.82. The highest BCUT2D eigenvalue weighted by molar-refractivity contribution is 6.33. The molecule has 2 aromatic rings. The Balaban J connectivity index is 1.80. The highest BCUT2D eigenvalue weighted by Crippen LogP contribution is 2.19. The molecule has 0 aliphatic heterocycles. The van der Waals surface area contributed by atoms with Crippen LogP contribution in [0.15, 0.2) is 42.6 Å². The Kier molecular flexibility index (Phi) is 6.46. The van der Waals surface area contributed by atoms with E-state index in [0.717, 1.165) is 0 Å². The summed E-state index contributed by atoms with van der Waals surface area (Å²) in [4.78, 5) is 15.9. The zero-order chi connectivity index (χ0) is 16.5. The number of carbonyl (C=O) groups is 1. The number of amides is 2. The standard InChI is InChI=1S/C15H17ClN4O3/c1-22-8-9-23-14-7-6-11(10-17-14)18-15(21)20-19-13-5-3-2-4-12(13)16/h2-7,10,19H,8-9H2,1H3,(H2,18,20,21). The molecule has 0 unspecified atom stereocenters. The molecule has 7 nitrogen and oxygen atoms in total. The molecule has 2 rings (SSSR count). The number of benzene rings is 1. The van der Waals surface area contributed by atoms with Gasteiger partial charge in [-0.2, -0.15) is 0 Å². The normalized spacial score (nSPS) is 10.0. The maximum Gasteiger partial charge on any atom is 0.337 e. The predicted molar refractivity (Wildman–Crippen MR) is 88.8 cm³/mol. The Morgan fingerprint density at radius 1 is 1.22 bits per heavy atom. The molecule has 0 spiro atoms. The van der Waals surface area contributed by atoms with Crippen molar-refractivity contribution in [1.82, 2.24) is 10.4 Å². The largest absolute Gasteiger partial charge is 0.475 e. The average molecular weight is 337 g/mol.